The smallest absolute Gasteiger partial charge is 0.281 e. The minimum Gasteiger partial charge on any atom is -0.373 e. The first-order valence-corrected chi connectivity index (χ1v) is 4.81. The van der Waals surface area contributed by atoms with E-state index < -0.39 is 17.4 Å². The second kappa shape index (κ2) is 5.10. The fourth-order valence-corrected chi connectivity index (χ4v) is 1.19. The molecule has 0 aliphatic heterocycles. The molecule has 2 amide bonds. The van der Waals surface area contributed by atoms with Crippen molar-refractivity contribution in [2.45, 2.75) is 0 Å². The summed E-state index contributed by atoms with van der Waals surface area (Å²) >= 11 is 0. The molecular weight excluding hydrogens is 226 g/mol. The van der Waals surface area contributed by atoms with Crippen LogP contribution in [0.5, 0.6) is 0 Å². The first-order chi connectivity index (χ1) is 8.04. The van der Waals surface area contributed by atoms with Crippen LogP contribution in [0.4, 0.5) is 5.82 Å². The van der Waals surface area contributed by atoms with E-state index in [0.717, 1.165) is 0 Å². The van der Waals surface area contributed by atoms with Crippen LogP contribution in [0.15, 0.2) is 4.79 Å². The zero-order chi connectivity index (χ0) is 13.0. The second-order valence-electron chi connectivity index (χ2n) is 3.05. The summed E-state index contributed by atoms with van der Waals surface area (Å²) in [6.45, 7) is 0. The molecule has 0 aliphatic rings. The van der Waals surface area contributed by atoms with Gasteiger partial charge in [-0.25, -0.2) is 4.98 Å². The lowest BCUT2D eigenvalue weighted by molar-refractivity contribution is 0.0953. The van der Waals surface area contributed by atoms with Gasteiger partial charge in [0.2, 0.25) is 0 Å². The number of H-pyrrole nitrogens is 1. The van der Waals surface area contributed by atoms with Crippen molar-refractivity contribution in [2.24, 2.45) is 0 Å². The van der Waals surface area contributed by atoms with Crippen molar-refractivity contribution in [1.82, 2.24) is 20.6 Å². The molecule has 0 bridgehead atoms. The molecule has 0 spiro atoms. The third kappa shape index (κ3) is 2.41. The Balaban J connectivity index is 3.43. The van der Waals surface area contributed by atoms with E-state index in [2.05, 4.69) is 25.9 Å². The molecule has 0 atom stereocenters. The lowest BCUT2D eigenvalue weighted by atomic mass is 10.3. The molecule has 0 aliphatic carbocycles. The molecule has 0 saturated heterocycles. The maximum absolute atomic E-state index is 11.5. The molecular formula is C9H13N5O3. The normalized spacial score (nSPS) is 9.59. The Morgan fingerprint density at radius 1 is 1.06 bits per heavy atom. The van der Waals surface area contributed by atoms with Gasteiger partial charge in [-0.05, 0) is 0 Å². The van der Waals surface area contributed by atoms with Crippen LogP contribution >= 0.6 is 0 Å². The third-order valence-electron chi connectivity index (χ3n) is 2.05. The minimum atomic E-state index is -0.665. The lowest BCUT2D eigenvalue weighted by Gasteiger charge is -2.08. The summed E-state index contributed by atoms with van der Waals surface area (Å²) in [5, 5.41) is 7.26. The Kier molecular flexibility index (Phi) is 3.81. The Bertz CT molecular complexity index is 508. The number of rotatable bonds is 3. The van der Waals surface area contributed by atoms with Crippen molar-refractivity contribution in [2.75, 3.05) is 26.5 Å². The second-order valence-corrected chi connectivity index (χ2v) is 3.05. The van der Waals surface area contributed by atoms with Gasteiger partial charge in [-0.3, -0.25) is 14.4 Å². The molecule has 0 saturated carbocycles. The van der Waals surface area contributed by atoms with Gasteiger partial charge in [-0.1, -0.05) is 0 Å². The lowest BCUT2D eigenvalue weighted by Crippen LogP contribution is -2.32. The number of nitrogens with one attached hydrogen (secondary N) is 4. The molecule has 0 radical (unpaired) electrons. The fourth-order valence-electron chi connectivity index (χ4n) is 1.19. The van der Waals surface area contributed by atoms with Crippen LogP contribution in [0, 0.1) is 0 Å². The zero-order valence-corrected chi connectivity index (χ0v) is 9.67. The largest absolute Gasteiger partial charge is 0.373 e. The van der Waals surface area contributed by atoms with E-state index in [1.165, 1.54) is 21.1 Å². The Hall–Kier alpha value is -2.38. The molecule has 17 heavy (non-hydrogen) atoms. The van der Waals surface area contributed by atoms with E-state index in [4.69, 9.17) is 0 Å². The van der Waals surface area contributed by atoms with Crippen molar-refractivity contribution < 1.29 is 9.59 Å². The molecule has 1 rings (SSSR count). The van der Waals surface area contributed by atoms with E-state index in [9.17, 15) is 14.4 Å². The number of hydrogen-bond acceptors (Lipinski definition) is 5. The van der Waals surface area contributed by atoms with E-state index in [0.29, 0.717) is 0 Å². The number of aromatic amines is 1. The van der Waals surface area contributed by atoms with Gasteiger partial charge in [0.05, 0.1) is 0 Å². The van der Waals surface area contributed by atoms with Crippen LogP contribution in [-0.2, 0) is 0 Å². The Morgan fingerprint density at radius 3 is 2.06 bits per heavy atom. The van der Waals surface area contributed by atoms with Crippen LogP contribution in [0.1, 0.15) is 21.0 Å². The summed E-state index contributed by atoms with van der Waals surface area (Å²) in [5.41, 5.74) is -1.07. The molecule has 0 fully saturated rings. The van der Waals surface area contributed by atoms with Gasteiger partial charge < -0.3 is 20.9 Å². The van der Waals surface area contributed by atoms with Gasteiger partial charge >= 0.3 is 0 Å². The highest BCUT2D eigenvalue weighted by Gasteiger charge is 2.19. The van der Waals surface area contributed by atoms with Crippen LogP contribution in [0.3, 0.4) is 0 Å². The summed E-state index contributed by atoms with van der Waals surface area (Å²) in [4.78, 5) is 40.5. The fraction of sp³-hybridized carbons (Fsp3) is 0.333. The Labute approximate surface area is 96.8 Å². The van der Waals surface area contributed by atoms with E-state index in [1.807, 2.05) is 0 Å². The number of carbonyl (C=O) groups is 2. The Morgan fingerprint density at radius 2 is 1.59 bits per heavy atom. The number of nitrogens with zero attached hydrogens (tertiary/aromatic N) is 1. The van der Waals surface area contributed by atoms with Crippen molar-refractivity contribution in [1.29, 1.82) is 0 Å². The van der Waals surface area contributed by atoms with E-state index in [-0.39, 0.29) is 17.2 Å². The molecule has 92 valence electrons. The predicted octanol–water partition coefficient (Wildman–Crippen LogP) is -1.47. The van der Waals surface area contributed by atoms with Gasteiger partial charge in [-0.2, -0.15) is 0 Å². The molecule has 0 aromatic carbocycles. The van der Waals surface area contributed by atoms with Crippen LogP contribution in [0.25, 0.3) is 0 Å². The summed E-state index contributed by atoms with van der Waals surface area (Å²) in [7, 11) is 4.32. The highest BCUT2D eigenvalue weighted by Crippen LogP contribution is 2.06. The summed E-state index contributed by atoms with van der Waals surface area (Å²) in [5.74, 6) is -1.00. The number of aromatic nitrogens is 2. The molecule has 1 aromatic heterocycles. The van der Waals surface area contributed by atoms with E-state index in [1.54, 1.807) is 0 Å². The minimum absolute atomic E-state index is 0.0480. The van der Waals surface area contributed by atoms with Gasteiger partial charge in [0.15, 0.2) is 11.4 Å². The topological polar surface area (TPSA) is 116 Å². The van der Waals surface area contributed by atoms with Crippen molar-refractivity contribution in [3.05, 3.63) is 21.7 Å². The SMILES string of the molecule is CNC(=O)c1nc(C(=O)NC)c(=O)[nH]c1NC. The third-order valence-corrected chi connectivity index (χ3v) is 2.05. The summed E-state index contributed by atoms with van der Waals surface area (Å²) < 4.78 is 0. The number of anilines is 1. The average Bonchev–Trinajstić information content (AvgIpc) is 2.36. The van der Waals surface area contributed by atoms with Crippen LogP contribution < -0.4 is 21.5 Å². The first-order valence-electron chi connectivity index (χ1n) is 4.81. The number of carbonyl (C=O) groups excluding carboxylic acids is 2. The summed E-state index contributed by atoms with van der Waals surface area (Å²) in [6, 6.07) is 0. The van der Waals surface area contributed by atoms with Gasteiger partial charge in [0.1, 0.15) is 5.82 Å². The standard InChI is InChI=1S/C9H13N5O3/c1-10-6-4(7(15)11-2)13-5(8(16)12-3)9(17)14-6/h1-3H3,(H,11,15)(H,12,16)(H2,10,14,17). The molecule has 8 heteroatoms. The predicted molar refractivity (Wildman–Crippen MR) is 61.2 cm³/mol. The number of amides is 2. The quantitative estimate of drug-likeness (QED) is 0.514. The van der Waals surface area contributed by atoms with Crippen LogP contribution in [0.2, 0.25) is 0 Å². The van der Waals surface area contributed by atoms with Gasteiger partial charge in [0, 0.05) is 21.1 Å². The average molecular weight is 239 g/mol. The van der Waals surface area contributed by atoms with Crippen molar-refractivity contribution in [3.8, 4) is 0 Å². The van der Waals surface area contributed by atoms with Crippen molar-refractivity contribution in [3.63, 3.8) is 0 Å². The molecule has 8 nitrogen and oxygen atoms in total. The van der Waals surface area contributed by atoms with Gasteiger partial charge in [-0.15, -0.1) is 0 Å². The zero-order valence-electron chi connectivity index (χ0n) is 9.67. The molecule has 4 N–H and O–H groups in total. The number of hydrogen-bond donors (Lipinski definition) is 4. The molecule has 0 unspecified atom stereocenters. The van der Waals surface area contributed by atoms with Crippen molar-refractivity contribution >= 4 is 17.6 Å². The highest BCUT2D eigenvalue weighted by atomic mass is 16.2. The maximum atomic E-state index is 11.5. The molecule has 1 heterocycles. The van der Waals surface area contributed by atoms with Gasteiger partial charge in [0.25, 0.3) is 17.4 Å². The first kappa shape index (κ1) is 12.7. The maximum Gasteiger partial charge on any atom is 0.281 e. The monoisotopic (exact) mass is 239 g/mol. The highest BCUT2D eigenvalue weighted by molar-refractivity contribution is 5.98. The van der Waals surface area contributed by atoms with E-state index >= 15 is 0 Å². The molecule has 1 aromatic rings. The van der Waals surface area contributed by atoms with Crippen LogP contribution in [-0.4, -0.2) is 42.9 Å². The summed E-state index contributed by atoms with van der Waals surface area (Å²) in [6.07, 6.45) is 0.